The lowest BCUT2D eigenvalue weighted by Gasteiger charge is -2.18. The van der Waals surface area contributed by atoms with Gasteiger partial charge < -0.3 is 9.88 Å². The van der Waals surface area contributed by atoms with E-state index in [0.29, 0.717) is 17.6 Å². The molecular weight excluding hydrogens is 370 g/mol. The summed E-state index contributed by atoms with van der Waals surface area (Å²) >= 11 is 1.53. The lowest BCUT2D eigenvalue weighted by molar-refractivity contribution is -0.119. The molecular formula is C21H27N5OS. The number of anilines is 1. The van der Waals surface area contributed by atoms with E-state index in [-0.39, 0.29) is 11.8 Å². The molecule has 1 aromatic carbocycles. The average molecular weight is 398 g/mol. The third kappa shape index (κ3) is 3.94. The monoisotopic (exact) mass is 397 g/mol. The van der Waals surface area contributed by atoms with Crippen molar-refractivity contribution in [3.63, 3.8) is 0 Å². The molecule has 0 spiro atoms. The molecule has 3 aromatic rings. The van der Waals surface area contributed by atoms with Crippen LogP contribution in [0.3, 0.4) is 0 Å². The summed E-state index contributed by atoms with van der Waals surface area (Å²) in [7, 11) is 0. The Morgan fingerprint density at radius 2 is 2.04 bits per heavy atom. The second-order valence-corrected chi connectivity index (χ2v) is 8.66. The Morgan fingerprint density at radius 1 is 1.25 bits per heavy atom. The molecule has 1 aliphatic rings. The van der Waals surface area contributed by atoms with Gasteiger partial charge in [-0.3, -0.25) is 4.79 Å². The molecule has 28 heavy (non-hydrogen) atoms. The number of amides is 1. The summed E-state index contributed by atoms with van der Waals surface area (Å²) in [4.78, 5) is 17.4. The van der Waals surface area contributed by atoms with Crippen LogP contribution in [0.2, 0.25) is 0 Å². The predicted octanol–water partition coefficient (Wildman–Crippen LogP) is 4.77. The smallest absolute Gasteiger partial charge is 0.230 e. The molecule has 0 radical (unpaired) electrons. The van der Waals surface area contributed by atoms with Gasteiger partial charge in [-0.2, -0.15) is 0 Å². The van der Waals surface area contributed by atoms with Gasteiger partial charge in [-0.15, -0.1) is 10.2 Å². The summed E-state index contributed by atoms with van der Waals surface area (Å²) in [6.07, 6.45) is 7.06. The van der Waals surface area contributed by atoms with Crippen LogP contribution >= 0.6 is 11.3 Å². The van der Waals surface area contributed by atoms with Gasteiger partial charge in [-0.1, -0.05) is 56.6 Å². The number of nitrogens with one attached hydrogen (secondary N) is 1. The largest absolute Gasteiger partial charge is 0.327 e. The first kappa shape index (κ1) is 19.1. The van der Waals surface area contributed by atoms with Crippen molar-refractivity contribution in [3.05, 3.63) is 35.1 Å². The zero-order valence-electron chi connectivity index (χ0n) is 16.5. The molecule has 1 atom stereocenters. The minimum atomic E-state index is -0.190. The Labute approximate surface area is 169 Å². The van der Waals surface area contributed by atoms with Crippen molar-refractivity contribution >= 4 is 33.4 Å². The van der Waals surface area contributed by atoms with E-state index in [1.807, 2.05) is 25.1 Å². The first-order valence-corrected chi connectivity index (χ1v) is 11.1. The molecule has 0 unspecified atom stereocenters. The van der Waals surface area contributed by atoms with Gasteiger partial charge in [0.15, 0.2) is 0 Å². The van der Waals surface area contributed by atoms with Crippen LogP contribution in [0.15, 0.2) is 24.3 Å². The van der Waals surface area contributed by atoms with Crippen LogP contribution in [0.5, 0.6) is 0 Å². The van der Waals surface area contributed by atoms with E-state index in [1.165, 1.54) is 43.4 Å². The number of carbonyl (C=O) groups excluding carboxylic acids is 1. The third-order valence-corrected chi connectivity index (χ3v) is 6.58. The zero-order valence-corrected chi connectivity index (χ0v) is 17.3. The minimum absolute atomic E-state index is 0.0221. The molecule has 1 aliphatic carbocycles. The Morgan fingerprint density at radius 3 is 2.82 bits per heavy atom. The van der Waals surface area contributed by atoms with Crippen molar-refractivity contribution in [3.8, 4) is 0 Å². The summed E-state index contributed by atoms with van der Waals surface area (Å²) < 4.78 is 2.16. The van der Waals surface area contributed by atoms with Gasteiger partial charge in [-0.05, 0) is 25.0 Å². The highest BCUT2D eigenvalue weighted by Crippen LogP contribution is 2.35. The van der Waals surface area contributed by atoms with Crippen LogP contribution in [-0.4, -0.2) is 25.7 Å². The SMILES string of the molecule is CCc1nc2ccccc2n1C[C@H](C)C(=O)Nc1nnc(C2CCCCC2)s1. The highest BCUT2D eigenvalue weighted by atomic mass is 32.1. The number of para-hydroxylation sites is 2. The van der Waals surface area contributed by atoms with E-state index >= 15 is 0 Å². The van der Waals surface area contributed by atoms with Crippen molar-refractivity contribution in [2.75, 3.05) is 5.32 Å². The fourth-order valence-electron chi connectivity index (χ4n) is 3.98. The van der Waals surface area contributed by atoms with Gasteiger partial charge in [0, 0.05) is 18.9 Å². The van der Waals surface area contributed by atoms with Crippen molar-refractivity contribution in [2.24, 2.45) is 5.92 Å². The standard InChI is InChI=1S/C21H27N5OS/c1-3-18-22-16-11-7-8-12-17(16)26(18)13-14(2)19(27)23-21-25-24-20(28-21)15-9-5-4-6-10-15/h7-8,11-12,14-15H,3-6,9-10,13H2,1-2H3,(H,23,25,27)/t14-/m0/s1. The number of fused-ring (bicyclic) bond motifs is 1. The van der Waals surface area contributed by atoms with Crippen LogP contribution in [0.25, 0.3) is 11.0 Å². The number of imidazole rings is 1. The number of aromatic nitrogens is 4. The highest BCUT2D eigenvalue weighted by molar-refractivity contribution is 7.15. The first-order valence-electron chi connectivity index (χ1n) is 10.2. The van der Waals surface area contributed by atoms with E-state index in [4.69, 9.17) is 4.98 Å². The Bertz CT molecular complexity index is 957. The highest BCUT2D eigenvalue weighted by Gasteiger charge is 2.22. The number of hydrogen-bond donors (Lipinski definition) is 1. The lowest BCUT2D eigenvalue weighted by atomic mass is 9.90. The van der Waals surface area contributed by atoms with Crippen LogP contribution < -0.4 is 5.32 Å². The maximum Gasteiger partial charge on any atom is 0.230 e. The number of benzene rings is 1. The summed E-state index contributed by atoms with van der Waals surface area (Å²) in [5, 5.41) is 13.2. The van der Waals surface area contributed by atoms with E-state index in [0.717, 1.165) is 28.3 Å². The van der Waals surface area contributed by atoms with E-state index in [2.05, 4.69) is 33.1 Å². The Kier molecular flexibility index (Phi) is 5.71. The lowest BCUT2D eigenvalue weighted by Crippen LogP contribution is -2.25. The molecule has 1 fully saturated rings. The average Bonchev–Trinajstić information content (AvgIpc) is 3.33. The van der Waals surface area contributed by atoms with E-state index < -0.39 is 0 Å². The predicted molar refractivity (Wildman–Crippen MR) is 113 cm³/mol. The first-order chi connectivity index (χ1) is 13.7. The molecule has 1 N–H and O–H groups in total. The van der Waals surface area contributed by atoms with Crippen molar-refractivity contribution < 1.29 is 4.79 Å². The maximum atomic E-state index is 12.8. The second-order valence-electron chi connectivity index (χ2n) is 7.65. The number of hydrogen-bond acceptors (Lipinski definition) is 5. The topological polar surface area (TPSA) is 72.7 Å². The quantitative estimate of drug-likeness (QED) is 0.650. The molecule has 0 saturated heterocycles. The molecule has 0 aliphatic heterocycles. The number of rotatable bonds is 6. The summed E-state index contributed by atoms with van der Waals surface area (Å²) in [5.41, 5.74) is 2.06. The molecule has 148 valence electrons. The Balaban J connectivity index is 1.44. The van der Waals surface area contributed by atoms with Gasteiger partial charge in [0.1, 0.15) is 10.8 Å². The van der Waals surface area contributed by atoms with Crippen LogP contribution in [0.4, 0.5) is 5.13 Å². The maximum absolute atomic E-state index is 12.8. The fourth-order valence-corrected chi connectivity index (χ4v) is 4.90. The van der Waals surface area contributed by atoms with Gasteiger partial charge >= 0.3 is 0 Å². The third-order valence-electron chi connectivity index (χ3n) is 5.58. The molecule has 2 aromatic heterocycles. The molecule has 6 nitrogen and oxygen atoms in total. The minimum Gasteiger partial charge on any atom is -0.327 e. The van der Waals surface area contributed by atoms with Gasteiger partial charge in [0.05, 0.1) is 17.0 Å². The van der Waals surface area contributed by atoms with E-state index in [9.17, 15) is 4.79 Å². The molecule has 1 amide bonds. The summed E-state index contributed by atoms with van der Waals surface area (Å²) in [5.74, 6) is 1.31. The molecule has 0 bridgehead atoms. The number of aryl methyl sites for hydroxylation is 1. The van der Waals surface area contributed by atoms with Gasteiger partial charge in [0.25, 0.3) is 0 Å². The zero-order chi connectivity index (χ0) is 19.5. The number of carbonyl (C=O) groups is 1. The molecule has 2 heterocycles. The van der Waals surface area contributed by atoms with Crippen molar-refractivity contribution in [1.82, 2.24) is 19.7 Å². The normalized spacial score (nSPS) is 16.4. The summed E-state index contributed by atoms with van der Waals surface area (Å²) in [6.45, 7) is 4.65. The molecule has 1 saturated carbocycles. The fraction of sp³-hybridized carbons (Fsp3) is 0.524. The summed E-state index contributed by atoms with van der Waals surface area (Å²) in [6, 6.07) is 8.09. The van der Waals surface area contributed by atoms with Crippen molar-refractivity contribution in [1.29, 1.82) is 0 Å². The molecule has 4 rings (SSSR count). The Hall–Kier alpha value is -2.28. The van der Waals surface area contributed by atoms with Crippen LogP contribution in [0, 0.1) is 5.92 Å². The van der Waals surface area contributed by atoms with E-state index in [1.54, 1.807) is 0 Å². The van der Waals surface area contributed by atoms with Crippen LogP contribution in [-0.2, 0) is 17.8 Å². The second kappa shape index (κ2) is 8.39. The van der Waals surface area contributed by atoms with Gasteiger partial charge in [-0.25, -0.2) is 4.98 Å². The molecule has 7 heteroatoms. The number of nitrogens with zero attached hydrogens (tertiary/aromatic N) is 4. The van der Waals surface area contributed by atoms with Gasteiger partial charge in [0.2, 0.25) is 11.0 Å². The van der Waals surface area contributed by atoms with Crippen molar-refractivity contribution in [2.45, 2.75) is 64.8 Å². The van der Waals surface area contributed by atoms with Crippen LogP contribution in [0.1, 0.15) is 62.7 Å².